The van der Waals surface area contributed by atoms with Gasteiger partial charge in [0.15, 0.2) is 0 Å². The van der Waals surface area contributed by atoms with Crippen molar-refractivity contribution >= 4 is 5.71 Å². The lowest BCUT2D eigenvalue weighted by Gasteiger charge is -2.33. The molecule has 1 fully saturated rings. The zero-order valence-corrected chi connectivity index (χ0v) is 10.7. The van der Waals surface area contributed by atoms with Gasteiger partial charge in [-0.2, -0.15) is 0 Å². The molecule has 3 heteroatoms. The topological polar surface area (TPSA) is 41.8 Å². The molecule has 0 amide bonds. The molecule has 1 aromatic rings. The lowest BCUT2D eigenvalue weighted by atomic mass is 9.83. The Bertz CT molecular complexity index is 483. The Morgan fingerprint density at radius 3 is 2.89 bits per heavy atom. The lowest BCUT2D eigenvalue weighted by Crippen LogP contribution is -2.41. The summed E-state index contributed by atoms with van der Waals surface area (Å²) >= 11 is 0. The van der Waals surface area contributed by atoms with Crippen LogP contribution in [0.15, 0.2) is 29.4 Å². The lowest BCUT2D eigenvalue weighted by molar-refractivity contribution is 0.0235. The first-order valence-corrected chi connectivity index (χ1v) is 6.70. The maximum Gasteiger partial charge on any atom is 0.120 e. The quantitative estimate of drug-likeness (QED) is 0.609. The average Bonchev–Trinajstić information content (AvgIpc) is 2.54. The second-order valence-corrected chi connectivity index (χ2v) is 5.28. The van der Waals surface area contributed by atoms with Gasteiger partial charge in [-0.15, -0.1) is 0 Å². The second-order valence-electron chi connectivity index (χ2n) is 5.28. The van der Waals surface area contributed by atoms with Gasteiger partial charge in [-0.05, 0) is 18.4 Å². The standard InChI is InChI=1S/C15H19NO2/c1-18-15-10-6-2-3-9-13(15)11-7-4-5-8-12(11)14(15)16-17/h4-5,7-8,13,17H,2-3,6,9-10H2,1H3/b16-14-/t13-,15+/m1/s1. The molecule has 0 unspecified atom stereocenters. The van der Waals surface area contributed by atoms with E-state index in [2.05, 4.69) is 17.3 Å². The second kappa shape index (κ2) is 4.39. The monoisotopic (exact) mass is 245 g/mol. The van der Waals surface area contributed by atoms with Crippen molar-refractivity contribution in [1.29, 1.82) is 0 Å². The Hall–Kier alpha value is -1.35. The molecule has 0 spiro atoms. The van der Waals surface area contributed by atoms with E-state index in [1.54, 1.807) is 7.11 Å². The molecule has 0 radical (unpaired) electrons. The molecule has 0 bridgehead atoms. The molecule has 1 N–H and O–H groups in total. The zero-order valence-electron chi connectivity index (χ0n) is 10.7. The van der Waals surface area contributed by atoms with E-state index in [4.69, 9.17) is 4.74 Å². The van der Waals surface area contributed by atoms with Crippen LogP contribution in [0.5, 0.6) is 0 Å². The summed E-state index contributed by atoms with van der Waals surface area (Å²) in [7, 11) is 1.75. The summed E-state index contributed by atoms with van der Waals surface area (Å²) in [6.45, 7) is 0. The SMILES string of the molecule is CO[C@@]12CCCCC[C@@H]1c1ccccc1/C2=N/O. The van der Waals surface area contributed by atoms with Gasteiger partial charge in [0.25, 0.3) is 0 Å². The van der Waals surface area contributed by atoms with Crippen LogP contribution in [0.3, 0.4) is 0 Å². The van der Waals surface area contributed by atoms with Crippen molar-refractivity contribution in [2.45, 2.75) is 43.6 Å². The fraction of sp³-hybridized carbons (Fsp3) is 0.533. The number of hydrogen-bond acceptors (Lipinski definition) is 3. The Balaban J connectivity index is 2.19. The van der Waals surface area contributed by atoms with Gasteiger partial charge in [0.1, 0.15) is 11.3 Å². The number of rotatable bonds is 1. The third kappa shape index (κ3) is 1.43. The number of nitrogens with zero attached hydrogens (tertiary/aromatic N) is 1. The van der Waals surface area contributed by atoms with E-state index in [1.165, 1.54) is 18.4 Å². The third-order valence-electron chi connectivity index (χ3n) is 4.56. The van der Waals surface area contributed by atoms with Crippen molar-refractivity contribution in [1.82, 2.24) is 0 Å². The normalized spacial score (nSPS) is 32.9. The van der Waals surface area contributed by atoms with Gasteiger partial charge in [-0.1, -0.05) is 48.7 Å². The van der Waals surface area contributed by atoms with E-state index in [0.717, 1.165) is 30.5 Å². The molecule has 3 rings (SSSR count). The number of ether oxygens (including phenoxy) is 1. The van der Waals surface area contributed by atoms with Crippen LogP contribution in [0.1, 0.15) is 49.1 Å². The highest BCUT2D eigenvalue weighted by Gasteiger charge is 2.52. The highest BCUT2D eigenvalue weighted by Crippen LogP contribution is 2.50. The van der Waals surface area contributed by atoms with E-state index in [-0.39, 0.29) is 0 Å². The number of benzene rings is 1. The fourth-order valence-electron chi connectivity index (χ4n) is 3.73. The van der Waals surface area contributed by atoms with Gasteiger partial charge in [0, 0.05) is 18.6 Å². The maximum atomic E-state index is 9.45. The predicted octanol–water partition coefficient (Wildman–Crippen LogP) is 3.31. The van der Waals surface area contributed by atoms with E-state index in [0.29, 0.717) is 5.92 Å². The third-order valence-corrected chi connectivity index (χ3v) is 4.56. The van der Waals surface area contributed by atoms with Crippen molar-refractivity contribution in [3.63, 3.8) is 0 Å². The fourth-order valence-corrected chi connectivity index (χ4v) is 3.73. The number of fused-ring (bicyclic) bond motifs is 3. The molecule has 0 aromatic heterocycles. The molecule has 2 aliphatic carbocycles. The minimum atomic E-state index is -0.408. The van der Waals surface area contributed by atoms with Gasteiger partial charge >= 0.3 is 0 Å². The molecule has 0 saturated heterocycles. The highest BCUT2D eigenvalue weighted by atomic mass is 16.5. The van der Waals surface area contributed by atoms with E-state index >= 15 is 0 Å². The van der Waals surface area contributed by atoms with Gasteiger partial charge < -0.3 is 9.94 Å². The summed E-state index contributed by atoms with van der Waals surface area (Å²) < 4.78 is 5.88. The molecule has 96 valence electrons. The molecule has 0 aliphatic heterocycles. The summed E-state index contributed by atoms with van der Waals surface area (Å²) in [6, 6.07) is 8.25. The van der Waals surface area contributed by atoms with Crippen LogP contribution >= 0.6 is 0 Å². The molecule has 2 atom stereocenters. The van der Waals surface area contributed by atoms with E-state index < -0.39 is 5.60 Å². The van der Waals surface area contributed by atoms with Crippen molar-refractivity contribution in [2.24, 2.45) is 5.16 Å². The molecule has 1 saturated carbocycles. The van der Waals surface area contributed by atoms with Crippen molar-refractivity contribution < 1.29 is 9.94 Å². The van der Waals surface area contributed by atoms with Crippen LogP contribution in [-0.4, -0.2) is 23.6 Å². The summed E-state index contributed by atoms with van der Waals surface area (Å²) in [5.74, 6) is 0.340. The molecule has 1 aromatic carbocycles. The van der Waals surface area contributed by atoms with Crippen LogP contribution in [0.25, 0.3) is 0 Å². The number of hydrogen-bond donors (Lipinski definition) is 1. The minimum Gasteiger partial charge on any atom is -0.411 e. The summed E-state index contributed by atoms with van der Waals surface area (Å²) in [5, 5.41) is 13.0. The largest absolute Gasteiger partial charge is 0.411 e. The molecule has 3 nitrogen and oxygen atoms in total. The average molecular weight is 245 g/mol. The maximum absolute atomic E-state index is 9.45. The first kappa shape index (κ1) is 11.7. The summed E-state index contributed by atoms with van der Waals surface area (Å²) in [5.41, 5.74) is 2.67. The van der Waals surface area contributed by atoms with Gasteiger partial charge in [0.05, 0.1) is 0 Å². The predicted molar refractivity (Wildman–Crippen MR) is 70.3 cm³/mol. The van der Waals surface area contributed by atoms with Crippen LogP contribution in [0.4, 0.5) is 0 Å². The zero-order chi connectivity index (χ0) is 12.6. The van der Waals surface area contributed by atoms with Gasteiger partial charge in [-0.25, -0.2) is 0 Å². The van der Waals surface area contributed by atoms with Crippen LogP contribution < -0.4 is 0 Å². The van der Waals surface area contributed by atoms with Crippen molar-refractivity contribution in [3.8, 4) is 0 Å². The Morgan fingerprint density at radius 2 is 2.11 bits per heavy atom. The Morgan fingerprint density at radius 1 is 1.28 bits per heavy atom. The minimum absolute atomic E-state index is 0.340. The van der Waals surface area contributed by atoms with Crippen molar-refractivity contribution in [2.75, 3.05) is 7.11 Å². The van der Waals surface area contributed by atoms with Gasteiger partial charge in [-0.3, -0.25) is 0 Å². The Labute approximate surface area is 107 Å². The molecular formula is C15H19NO2. The number of oxime groups is 1. The molecule has 2 aliphatic rings. The van der Waals surface area contributed by atoms with Gasteiger partial charge in [0.2, 0.25) is 0 Å². The van der Waals surface area contributed by atoms with E-state index in [9.17, 15) is 5.21 Å². The van der Waals surface area contributed by atoms with Crippen LogP contribution in [-0.2, 0) is 4.74 Å². The highest BCUT2D eigenvalue weighted by molar-refractivity contribution is 6.11. The van der Waals surface area contributed by atoms with Crippen LogP contribution in [0.2, 0.25) is 0 Å². The first-order chi connectivity index (χ1) is 8.83. The van der Waals surface area contributed by atoms with Crippen molar-refractivity contribution in [3.05, 3.63) is 35.4 Å². The molecule has 18 heavy (non-hydrogen) atoms. The smallest absolute Gasteiger partial charge is 0.120 e. The molecular weight excluding hydrogens is 226 g/mol. The first-order valence-electron chi connectivity index (χ1n) is 6.70. The number of methoxy groups -OCH3 is 1. The summed E-state index contributed by atoms with van der Waals surface area (Å²) in [4.78, 5) is 0. The molecule has 0 heterocycles. The van der Waals surface area contributed by atoms with Crippen LogP contribution in [0, 0.1) is 0 Å². The summed E-state index contributed by atoms with van der Waals surface area (Å²) in [6.07, 6.45) is 5.66. The Kier molecular flexibility index (Phi) is 2.86. The van der Waals surface area contributed by atoms with E-state index in [1.807, 2.05) is 12.1 Å².